The number of carbonyl (C=O) groups is 1. The van der Waals surface area contributed by atoms with Gasteiger partial charge in [-0.05, 0) is 45.1 Å². The summed E-state index contributed by atoms with van der Waals surface area (Å²) in [5, 5.41) is 10.3. The second-order valence-corrected chi connectivity index (χ2v) is 5.98. The van der Waals surface area contributed by atoms with Crippen LogP contribution >= 0.6 is 0 Å². The number of allylic oxidation sites excluding steroid dienone is 1. The molecule has 0 aromatic carbocycles. The number of ether oxygens (including phenoxy) is 1. The van der Waals surface area contributed by atoms with Gasteiger partial charge in [0.25, 0.3) is 0 Å². The van der Waals surface area contributed by atoms with E-state index >= 15 is 0 Å². The second kappa shape index (κ2) is 6.04. The van der Waals surface area contributed by atoms with Gasteiger partial charge in [0, 0.05) is 13.1 Å². The summed E-state index contributed by atoms with van der Waals surface area (Å²) in [4.78, 5) is 23.4. The number of hydrogen-bond acceptors (Lipinski definition) is 4. The topological polar surface area (TPSA) is 72.7 Å². The van der Waals surface area contributed by atoms with Gasteiger partial charge >= 0.3 is 6.09 Å². The summed E-state index contributed by atoms with van der Waals surface area (Å²) < 4.78 is 5.32. The minimum absolute atomic E-state index is 0.143. The molecule has 0 radical (unpaired) electrons. The maximum Gasteiger partial charge on any atom is 0.410 e. The monoisotopic (exact) mass is 270 g/mol. The Balaban J connectivity index is 2.54. The zero-order valence-corrected chi connectivity index (χ0v) is 12.0. The molecule has 108 valence electrons. The van der Waals surface area contributed by atoms with Crippen molar-refractivity contribution in [3.05, 3.63) is 22.4 Å². The Bertz CT molecular complexity index is 373. The van der Waals surface area contributed by atoms with E-state index < -0.39 is 10.5 Å². The maximum atomic E-state index is 11.9. The molecule has 0 bridgehead atoms. The van der Waals surface area contributed by atoms with E-state index in [0.29, 0.717) is 13.1 Å². The van der Waals surface area contributed by atoms with Crippen LogP contribution in [0.2, 0.25) is 0 Å². The summed E-state index contributed by atoms with van der Waals surface area (Å²) in [6.07, 6.45) is 3.03. The van der Waals surface area contributed by atoms with Crippen molar-refractivity contribution in [2.24, 2.45) is 11.8 Å². The molecule has 1 aliphatic heterocycles. The molecular weight excluding hydrogens is 248 g/mol. The Morgan fingerprint density at radius 1 is 1.47 bits per heavy atom. The maximum absolute atomic E-state index is 11.9. The Morgan fingerprint density at radius 3 is 2.58 bits per heavy atom. The zero-order valence-electron chi connectivity index (χ0n) is 12.0. The van der Waals surface area contributed by atoms with E-state index in [1.165, 1.54) is 0 Å². The molecular formula is C13H22N2O4. The molecule has 1 amide bonds. The lowest BCUT2D eigenvalue weighted by atomic mass is 9.87. The van der Waals surface area contributed by atoms with Crippen molar-refractivity contribution < 1.29 is 14.5 Å². The highest BCUT2D eigenvalue weighted by molar-refractivity contribution is 5.68. The summed E-state index contributed by atoms with van der Waals surface area (Å²) in [6.45, 7) is 8.64. The van der Waals surface area contributed by atoms with Crippen LogP contribution < -0.4 is 0 Å². The minimum atomic E-state index is -0.497. The van der Waals surface area contributed by atoms with Crippen LogP contribution in [0.25, 0.3) is 0 Å². The van der Waals surface area contributed by atoms with Gasteiger partial charge in [-0.3, -0.25) is 10.1 Å². The fourth-order valence-corrected chi connectivity index (χ4v) is 2.12. The van der Waals surface area contributed by atoms with Crippen molar-refractivity contribution in [3.8, 4) is 0 Å². The van der Waals surface area contributed by atoms with Gasteiger partial charge in [0.15, 0.2) is 0 Å². The third-order valence-electron chi connectivity index (χ3n) is 3.08. The zero-order chi connectivity index (χ0) is 14.6. The van der Waals surface area contributed by atoms with Crippen LogP contribution in [0.1, 0.15) is 34.1 Å². The second-order valence-electron chi connectivity index (χ2n) is 5.98. The number of carbonyl (C=O) groups excluding carboxylic acids is 1. The fraction of sp³-hybridized carbons (Fsp3) is 0.769. The standard InChI is InChI=1S/C13H22N2O4/c1-10-9-14(12(16)19-13(2,3)4)7-5-11(10)6-8-15(17)18/h6,8,10-11H,5,7,9H2,1-4H3/b8-6+. The third kappa shape index (κ3) is 5.28. The molecule has 1 aliphatic rings. The van der Waals surface area contributed by atoms with Crippen LogP contribution in [0, 0.1) is 22.0 Å². The largest absolute Gasteiger partial charge is 0.444 e. The molecule has 1 rings (SSSR count). The smallest absolute Gasteiger partial charge is 0.410 e. The molecule has 1 heterocycles. The predicted molar refractivity (Wildman–Crippen MR) is 71.2 cm³/mol. The quantitative estimate of drug-likeness (QED) is 0.571. The molecule has 2 atom stereocenters. The number of amides is 1. The molecule has 0 aromatic heterocycles. The molecule has 0 N–H and O–H groups in total. The summed E-state index contributed by atoms with van der Waals surface area (Å²) >= 11 is 0. The SMILES string of the molecule is CC1CN(C(=O)OC(C)(C)C)CCC1/C=C/[N+](=O)[O-]. The normalized spacial score (nSPS) is 24.5. The van der Waals surface area contributed by atoms with Crippen LogP contribution in [-0.4, -0.2) is 34.6 Å². The van der Waals surface area contributed by atoms with Gasteiger partial charge in [-0.2, -0.15) is 0 Å². The Morgan fingerprint density at radius 2 is 2.11 bits per heavy atom. The first-order chi connectivity index (χ1) is 8.69. The highest BCUT2D eigenvalue weighted by atomic mass is 16.6. The first kappa shape index (κ1) is 15.5. The van der Waals surface area contributed by atoms with Gasteiger partial charge < -0.3 is 9.64 Å². The van der Waals surface area contributed by atoms with E-state index in [2.05, 4.69) is 0 Å². The highest BCUT2D eigenvalue weighted by Gasteiger charge is 2.30. The molecule has 0 spiro atoms. The lowest BCUT2D eigenvalue weighted by molar-refractivity contribution is -0.403. The number of nitrogens with zero attached hydrogens (tertiary/aromatic N) is 2. The Hall–Kier alpha value is -1.59. The van der Waals surface area contributed by atoms with Crippen molar-refractivity contribution in [2.75, 3.05) is 13.1 Å². The Kier molecular flexibility index (Phi) is 4.91. The lowest BCUT2D eigenvalue weighted by Gasteiger charge is -2.36. The third-order valence-corrected chi connectivity index (χ3v) is 3.08. The molecule has 0 saturated carbocycles. The van der Waals surface area contributed by atoms with E-state index in [9.17, 15) is 14.9 Å². The van der Waals surface area contributed by atoms with Crippen molar-refractivity contribution in [1.82, 2.24) is 4.90 Å². The van der Waals surface area contributed by atoms with Crippen molar-refractivity contribution in [3.63, 3.8) is 0 Å². The first-order valence-corrected chi connectivity index (χ1v) is 6.49. The van der Waals surface area contributed by atoms with Crippen molar-refractivity contribution >= 4 is 6.09 Å². The average molecular weight is 270 g/mol. The lowest BCUT2D eigenvalue weighted by Crippen LogP contribution is -2.44. The van der Waals surface area contributed by atoms with Gasteiger partial charge in [0.2, 0.25) is 6.20 Å². The number of rotatable bonds is 2. The molecule has 0 aromatic rings. The van der Waals surface area contributed by atoms with Crippen molar-refractivity contribution in [2.45, 2.75) is 39.7 Å². The minimum Gasteiger partial charge on any atom is -0.444 e. The van der Waals surface area contributed by atoms with Crippen molar-refractivity contribution in [1.29, 1.82) is 0 Å². The summed E-state index contributed by atoms with van der Waals surface area (Å²) in [7, 11) is 0. The van der Waals surface area contributed by atoms with Gasteiger partial charge in [0.05, 0.1) is 4.92 Å². The van der Waals surface area contributed by atoms with Gasteiger partial charge in [-0.25, -0.2) is 4.79 Å². The van der Waals surface area contributed by atoms with E-state index in [1.807, 2.05) is 27.7 Å². The van der Waals surface area contributed by atoms with E-state index in [-0.39, 0.29) is 17.9 Å². The van der Waals surface area contributed by atoms with Crippen LogP contribution in [0.5, 0.6) is 0 Å². The predicted octanol–water partition coefficient (Wildman–Crippen LogP) is 2.67. The summed E-state index contributed by atoms with van der Waals surface area (Å²) in [5.74, 6) is 0.335. The Labute approximate surface area is 113 Å². The number of likely N-dealkylation sites (tertiary alicyclic amines) is 1. The highest BCUT2D eigenvalue weighted by Crippen LogP contribution is 2.25. The number of piperidine rings is 1. The summed E-state index contributed by atoms with van der Waals surface area (Å²) in [6, 6.07) is 0. The molecule has 1 fully saturated rings. The molecule has 19 heavy (non-hydrogen) atoms. The van der Waals surface area contributed by atoms with Gasteiger partial charge in [0.1, 0.15) is 5.60 Å². The molecule has 6 nitrogen and oxygen atoms in total. The molecule has 2 unspecified atom stereocenters. The average Bonchev–Trinajstić information content (AvgIpc) is 2.24. The van der Waals surface area contributed by atoms with Gasteiger partial charge in [-0.1, -0.05) is 6.92 Å². The van der Waals surface area contributed by atoms with E-state index in [4.69, 9.17) is 4.74 Å². The fourth-order valence-electron chi connectivity index (χ4n) is 2.12. The molecule has 6 heteroatoms. The van der Waals surface area contributed by atoms with Crippen LogP contribution in [0.3, 0.4) is 0 Å². The van der Waals surface area contributed by atoms with Crippen LogP contribution in [0.15, 0.2) is 12.3 Å². The first-order valence-electron chi connectivity index (χ1n) is 6.49. The van der Waals surface area contributed by atoms with E-state index in [0.717, 1.165) is 12.6 Å². The van der Waals surface area contributed by atoms with Crippen LogP contribution in [0.4, 0.5) is 4.79 Å². The van der Waals surface area contributed by atoms with Gasteiger partial charge in [-0.15, -0.1) is 0 Å². The number of nitro groups is 1. The molecule has 1 saturated heterocycles. The summed E-state index contributed by atoms with van der Waals surface area (Å²) in [5.41, 5.74) is -0.497. The number of hydrogen-bond donors (Lipinski definition) is 0. The molecule has 0 aliphatic carbocycles. The van der Waals surface area contributed by atoms with Crippen LogP contribution in [-0.2, 0) is 4.74 Å². The van der Waals surface area contributed by atoms with E-state index in [1.54, 1.807) is 11.0 Å².